The van der Waals surface area contributed by atoms with Gasteiger partial charge in [0.25, 0.3) is 0 Å². The summed E-state index contributed by atoms with van der Waals surface area (Å²) < 4.78 is 10.6. The maximum Gasteiger partial charge on any atom is 0.0898 e. The summed E-state index contributed by atoms with van der Waals surface area (Å²) in [6, 6.07) is 0. The average Bonchev–Trinajstić information content (AvgIpc) is 1.61. The second-order valence-corrected chi connectivity index (χ2v) is 0.890. The molecular formula is C3H7FO2. The van der Waals surface area contributed by atoms with E-state index < -0.39 is 0 Å². The van der Waals surface area contributed by atoms with Gasteiger partial charge in [0.15, 0.2) is 0 Å². The molecule has 0 atom stereocenters. The Bertz CT molecular complexity index is 20.8. The lowest BCUT2D eigenvalue weighted by molar-refractivity contribution is -0.134. The van der Waals surface area contributed by atoms with Gasteiger partial charge in [0.1, 0.15) is 0 Å². The molecule has 0 aliphatic carbocycles. The molecule has 0 heterocycles. The lowest BCUT2D eigenvalue weighted by Crippen LogP contribution is -1.87. The van der Waals surface area contributed by atoms with Crippen molar-refractivity contribution in [2.24, 2.45) is 0 Å². The first-order valence-corrected chi connectivity index (χ1v) is 1.76. The second-order valence-electron chi connectivity index (χ2n) is 0.890. The van der Waals surface area contributed by atoms with Crippen LogP contribution < -0.4 is 0 Å². The first-order valence-electron chi connectivity index (χ1n) is 1.76. The molecule has 2 nitrogen and oxygen atoms in total. The Labute approximate surface area is 35.4 Å². The lowest BCUT2D eigenvalue weighted by atomic mass is 10.5. The third-order valence-corrected chi connectivity index (χ3v) is 0.380. The van der Waals surface area contributed by atoms with Gasteiger partial charge in [0, 0.05) is 6.61 Å². The fourth-order valence-electron chi connectivity index (χ4n) is 0.119. The van der Waals surface area contributed by atoms with E-state index in [2.05, 4.69) is 4.94 Å². The minimum atomic E-state index is -0.0100. The number of aliphatic hydroxyl groups excluding tert-OH is 1. The van der Waals surface area contributed by atoms with E-state index in [0.29, 0.717) is 6.42 Å². The number of halogens is 1. The topological polar surface area (TPSA) is 29.5 Å². The third-order valence-electron chi connectivity index (χ3n) is 0.380. The number of aliphatic hydroxyl groups is 1. The van der Waals surface area contributed by atoms with Crippen molar-refractivity contribution in [3.8, 4) is 0 Å². The van der Waals surface area contributed by atoms with Gasteiger partial charge in [-0.05, 0) is 10.9 Å². The van der Waals surface area contributed by atoms with E-state index in [1.807, 2.05) is 0 Å². The molecule has 1 N–H and O–H groups in total. The van der Waals surface area contributed by atoms with E-state index in [9.17, 15) is 4.53 Å². The quantitative estimate of drug-likeness (QED) is 0.508. The third kappa shape index (κ3) is 3.85. The molecule has 0 saturated carbocycles. The van der Waals surface area contributed by atoms with Crippen LogP contribution in [0.3, 0.4) is 0 Å². The molecule has 0 rings (SSSR count). The van der Waals surface area contributed by atoms with Crippen LogP contribution >= 0.6 is 0 Å². The molecule has 0 aliphatic rings. The molecule has 0 spiro atoms. The van der Waals surface area contributed by atoms with E-state index in [1.54, 1.807) is 0 Å². The van der Waals surface area contributed by atoms with E-state index in [0.717, 1.165) is 0 Å². The van der Waals surface area contributed by atoms with Crippen molar-refractivity contribution in [3.63, 3.8) is 0 Å². The molecular weight excluding hydrogens is 87.0 g/mol. The van der Waals surface area contributed by atoms with Crippen LogP contribution in [-0.2, 0) is 4.94 Å². The maximum atomic E-state index is 10.6. The minimum Gasteiger partial charge on any atom is -0.396 e. The first-order chi connectivity index (χ1) is 2.91. The molecule has 0 radical (unpaired) electrons. The van der Waals surface area contributed by atoms with E-state index in [-0.39, 0.29) is 13.2 Å². The fourth-order valence-corrected chi connectivity index (χ4v) is 0.119. The Kier molecular flexibility index (Phi) is 4.73. The highest BCUT2D eigenvalue weighted by Gasteiger charge is 1.79. The highest BCUT2D eigenvalue weighted by molar-refractivity contribution is 4.23. The zero-order chi connectivity index (χ0) is 4.83. The summed E-state index contributed by atoms with van der Waals surface area (Å²) in [5, 5.41) is 7.95. The van der Waals surface area contributed by atoms with E-state index in [4.69, 9.17) is 5.11 Å². The van der Waals surface area contributed by atoms with Crippen LogP contribution in [0.25, 0.3) is 0 Å². The van der Waals surface area contributed by atoms with Gasteiger partial charge >= 0.3 is 0 Å². The second kappa shape index (κ2) is 4.85. The zero-order valence-electron chi connectivity index (χ0n) is 3.35. The predicted molar refractivity (Wildman–Crippen MR) is 18.8 cm³/mol. The van der Waals surface area contributed by atoms with Gasteiger partial charge in [0.05, 0.1) is 6.61 Å². The van der Waals surface area contributed by atoms with E-state index in [1.165, 1.54) is 0 Å². The van der Waals surface area contributed by atoms with Gasteiger partial charge in [-0.3, -0.25) is 0 Å². The van der Waals surface area contributed by atoms with Crippen molar-refractivity contribution in [2.75, 3.05) is 13.2 Å². The molecule has 0 aliphatic heterocycles. The van der Waals surface area contributed by atoms with Gasteiger partial charge in [-0.1, -0.05) is 0 Å². The summed E-state index contributed by atoms with van der Waals surface area (Å²) >= 11 is 0. The predicted octanol–water partition coefficient (Wildman–Crippen LogP) is 0.270. The van der Waals surface area contributed by atoms with Crippen molar-refractivity contribution >= 4 is 0 Å². The molecule has 0 aromatic heterocycles. The SMILES string of the molecule is OCCCOF. The van der Waals surface area contributed by atoms with Crippen molar-refractivity contribution in [2.45, 2.75) is 6.42 Å². The van der Waals surface area contributed by atoms with Crippen molar-refractivity contribution in [1.29, 1.82) is 0 Å². The van der Waals surface area contributed by atoms with Crippen molar-refractivity contribution < 1.29 is 14.6 Å². The number of rotatable bonds is 3. The van der Waals surface area contributed by atoms with Crippen LogP contribution in [-0.4, -0.2) is 18.3 Å². The van der Waals surface area contributed by atoms with Gasteiger partial charge < -0.3 is 5.11 Å². The monoisotopic (exact) mass is 94.0 g/mol. The number of hydrogen-bond donors (Lipinski definition) is 1. The molecule has 0 unspecified atom stereocenters. The molecule has 0 saturated heterocycles. The van der Waals surface area contributed by atoms with E-state index >= 15 is 0 Å². The van der Waals surface area contributed by atoms with Gasteiger partial charge in [-0.15, -0.1) is 0 Å². The van der Waals surface area contributed by atoms with Crippen LogP contribution in [0.4, 0.5) is 4.53 Å². The number of hydrogen-bond acceptors (Lipinski definition) is 2. The Balaban J connectivity index is 2.34. The summed E-state index contributed by atoms with van der Waals surface area (Å²) in [7, 11) is 0. The zero-order valence-corrected chi connectivity index (χ0v) is 3.35. The highest BCUT2D eigenvalue weighted by atomic mass is 19.3. The molecule has 0 aromatic rings. The maximum absolute atomic E-state index is 10.6. The fraction of sp³-hybridized carbons (Fsp3) is 1.00. The average molecular weight is 94.1 g/mol. The van der Waals surface area contributed by atoms with Crippen LogP contribution in [0.15, 0.2) is 0 Å². The molecule has 0 amide bonds. The Morgan fingerprint density at radius 1 is 1.67 bits per heavy atom. The highest BCUT2D eigenvalue weighted by Crippen LogP contribution is 1.77. The summed E-state index contributed by atoms with van der Waals surface area (Å²) in [5.41, 5.74) is 0. The van der Waals surface area contributed by atoms with Crippen LogP contribution in [0.1, 0.15) is 6.42 Å². The van der Waals surface area contributed by atoms with Crippen LogP contribution in [0, 0.1) is 0 Å². The van der Waals surface area contributed by atoms with Crippen molar-refractivity contribution in [3.05, 3.63) is 0 Å². The molecule has 0 aromatic carbocycles. The molecule has 38 valence electrons. The Morgan fingerprint density at radius 2 is 2.33 bits per heavy atom. The smallest absolute Gasteiger partial charge is 0.0898 e. The Hall–Kier alpha value is -0.150. The standard InChI is InChI=1S/C3H7FO2/c4-6-3-1-2-5/h5H,1-3H2. The summed E-state index contributed by atoms with van der Waals surface area (Å²) in [6.07, 6.45) is 0.372. The molecule has 6 heavy (non-hydrogen) atoms. The van der Waals surface area contributed by atoms with Gasteiger partial charge in [-0.25, -0.2) is 0 Å². The normalized spacial score (nSPS) is 9.00. The van der Waals surface area contributed by atoms with Crippen LogP contribution in [0.5, 0.6) is 0 Å². The van der Waals surface area contributed by atoms with Gasteiger partial charge in [0.2, 0.25) is 0 Å². The molecule has 3 heteroatoms. The van der Waals surface area contributed by atoms with Crippen molar-refractivity contribution in [1.82, 2.24) is 0 Å². The minimum absolute atomic E-state index is 0.00347. The summed E-state index contributed by atoms with van der Waals surface area (Å²) in [4.78, 5) is 3.12. The molecule has 0 bridgehead atoms. The summed E-state index contributed by atoms with van der Waals surface area (Å²) in [5.74, 6) is 0. The summed E-state index contributed by atoms with van der Waals surface area (Å²) in [6.45, 7) is -0.0135. The first kappa shape index (κ1) is 5.85. The van der Waals surface area contributed by atoms with Crippen LogP contribution in [0.2, 0.25) is 0 Å². The lowest BCUT2D eigenvalue weighted by Gasteiger charge is -1.84. The largest absolute Gasteiger partial charge is 0.396 e. The van der Waals surface area contributed by atoms with Gasteiger partial charge in [-0.2, -0.15) is 4.94 Å². The molecule has 0 fully saturated rings. The Morgan fingerprint density at radius 3 is 2.50 bits per heavy atom.